The molecular weight excluding hydrogens is 603 g/mol. The molecule has 0 spiro atoms. The number of fused-ring (bicyclic) bond motifs is 1. The molecule has 47 heavy (non-hydrogen) atoms. The van der Waals surface area contributed by atoms with Gasteiger partial charge in [0.15, 0.2) is 6.23 Å². The first-order chi connectivity index (χ1) is 22.8. The zero-order valence-corrected chi connectivity index (χ0v) is 27.1. The summed E-state index contributed by atoms with van der Waals surface area (Å²) in [5.74, 6) is -0.212. The fourth-order valence-corrected chi connectivity index (χ4v) is 7.89. The molecule has 0 radical (unpaired) electrons. The van der Waals surface area contributed by atoms with Crippen LogP contribution in [-0.4, -0.2) is 88.5 Å². The lowest BCUT2D eigenvalue weighted by molar-refractivity contribution is -0.249. The minimum absolute atomic E-state index is 0.165. The van der Waals surface area contributed by atoms with Crippen LogP contribution in [0.25, 0.3) is 10.8 Å². The third-order valence-corrected chi connectivity index (χ3v) is 10.3. The molecule has 6 rings (SSSR count). The normalized spacial score (nSPS) is 29.6. The molecule has 10 nitrogen and oxygen atoms in total. The zero-order valence-electron chi connectivity index (χ0n) is 27.1. The Kier molecular flexibility index (Phi) is 10.7. The van der Waals surface area contributed by atoms with Crippen molar-refractivity contribution in [2.75, 3.05) is 20.8 Å². The molecule has 1 amide bonds. The number of halogens is 1. The molecule has 3 aromatic rings. The zero-order chi connectivity index (χ0) is 33.1. The predicted molar refractivity (Wildman–Crippen MR) is 176 cm³/mol. The van der Waals surface area contributed by atoms with Gasteiger partial charge in [-0.3, -0.25) is 4.79 Å². The van der Waals surface area contributed by atoms with Crippen LogP contribution in [0.5, 0.6) is 5.75 Å². The largest absolute Gasteiger partial charge is 0.495 e. The number of ether oxygens (including phenoxy) is 2. The molecule has 1 saturated carbocycles. The smallest absolute Gasteiger partial charge is 0.259 e. The van der Waals surface area contributed by atoms with Gasteiger partial charge in [0.2, 0.25) is 0 Å². The van der Waals surface area contributed by atoms with Crippen molar-refractivity contribution in [2.45, 2.75) is 94.0 Å². The molecular formula is C36H47FN4O6. The molecule has 11 heteroatoms. The second kappa shape index (κ2) is 14.9. The number of carbonyl (C=O) groups is 1. The summed E-state index contributed by atoms with van der Waals surface area (Å²) < 4.78 is 26.3. The van der Waals surface area contributed by atoms with E-state index < -0.39 is 43.1 Å². The summed E-state index contributed by atoms with van der Waals surface area (Å²) in [5, 5.41) is 37.6. The van der Waals surface area contributed by atoms with Crippen LogP contribution in [0.3, 0.4) is 0 Å². The third-order valence-electron chi connectivity index (χ3n) is 10.3. The van der Waals surface area contributed by atoms with Crippen LogP contribution in [-0.2, 0) is 4.74 Å². The maximum Gasteiger partial charge on any atom is 0.259 e. The van der Waals surface area contributed by atoms with E-state index in [0.717, 1.165) is 54.9 Å². The van der Waals surface area contributed by atoms with Gasteiger partial charge in [0.25, 0.3) is 5.91 Å². The summed E-state index contributed by atoms with van der Waals surface area (Å²) in [5.41, 5.74) is 7.62. The molecule has 254 valence electrons. The second-order valence-electron chi connectivity index (χ2n) is 13.1. The lowest BCUT2D eigenvalue weighted by Gasteiger charge is -2.50. The number of carbonyl (C=O) groups excluding carboxylic acids is 1. The fraction of sp³-hybridized carbons (Fsp3) is 0.528. The van der Waals surface area contributed by atoms with Crippen LogP contribution in [0.1, 0.15) is 73.3 Å². The monoisotopic (exact) mass is 650 g/mol. The van der Waals surface area contributed by atoms with Crippen molar-refractivity contribution >= 4 is 16.7 Å². The number of hydrazine groups is 2. The van der Waals surface area contributed by atoms with Gasteiger partial charge >= 0.3 is 0 Å². The van der Waals surface area contributed by atoms with Crippen LogP contribution in [0.4, 0.5) is 4.39 Å². The molecule has 2 aliphatic heterocycles. The van der Waals surface area contributed by atoms with Crippen LogP contribution in [0.15, 0.2) is 60.7 Å². The van der Waals surface area contributed by atoms with Gasteiger partial charge in [0, 0.05) is 18.5 Å². The molecule has 0 aromatic heterocycles. The molecule has 1 aliphatic carbocycles. The molecule has 0 bridgehead atoms. The molecule has 5 N–H and O–H groups in total. The van der Waals surface area contributed by atoms with E-state index >= 15 is 0 Å². The van der Waals surface area contributed by atoms with Gasteiger partial charge in [-0.05, 0) is 47.9 Å². The van der Waals surface area contributed by atoms with E-state index in [1.165, 1.54) is 44.0 Å². The van der Waals surface area contributed by atoms with Crippen molar-refractivity contribution in [1.29, 1.82) is 0 Å². The van der Waals surface area contributed by atoms with E-state index in [1.807, 2.05) is 41.4 Å². The lowest BCUT2D eigenvalue weighted by Crippen LogP contribution is -2.70. The van der Waals surface area contributed by atoms with E-state index in [4.69, 9.17) is 9.47 Å². The number of methoxy groups -OCH3 is 1. The minimum Gasteiger partial charge on any atom is -0.495 e. The highest BCUT2D eigenvalue weighted by molar-refractivity contribution is 6.03. The van der Waals surface area contributed by atoms with Crippen molar-refractivity contribution in [3.63, 3.8) is 0 Å². The van der Waals surface area contributed by atoms with Crippen LogP contribution in [0.2, 0.25) is 0 Å². The fourth-order valence-electron chi connectivity index (χ4n) is 7.89. The third kappa shape index (κ3) is 6.76. The Bertz CT molecular complexity index is 1520. The van der Waals surface area contributed by atoms with Gasteiger partial charge in [-0.2, -0.15) is 5.53 Å². The highest BCUT2D eigenvalue weighted by atomic mass is 19.1. The molecule has 3 aromatic carbocycles. The van der Waals surface area contributed by atoms with Gasteiger partial charge in [0.05, 0.1) is 31.4 Å². The quantitative estimate of drug-likeness (QED) is 0.258. The topological polar surface area (TPSA) is 127 Å². The van der Waals surface area contributed by atoms with E-state index in [-0.39, 0.29) is 23.8 Å². The van der Waals surface area contributed by atoms with Gasteiger partial charge in [0.1, 0.15) is 29.9 Å². The Morgan fingerprint density at radius 1 is 0.979 bits per heavy atom. The average Bonchev–Trinajstić information content (AvgIpc) is 3.56. The summed E-state index contributed by atoms with van der Waals surface area (Å²) in [6, 6.07) is 16.0. The summed E-state index contributed by atoms with van der Waals surface area (Å²) in [7, 11) is 3.05. The summed E-state index contributed by atoms with van der Waals surface area (Å²) >= 11 is 0. The summed E-state index contributed by atoms with van der Waals surface area (Å²) in [6.45, 7) is -0.523. The number of nitrogens with one attached hydrogen (secondary N) is 2. The maximum atomic E-state index is 14.5. The number of amides is 1. The van der Waals surface area contributed by atoms with Gasteiger partial charge in [-0.25, -0.2) is 14.8 Å². The summed E-state index contributed by atoms with van der Waals surface area (Å²) in [6.07, 6.45) is 3.68. The molecule has 7 atom stereocenters. The van der Waals surface area contributed by atoms with E-state index in [1.54, 1.807) is 12.1 Å². The maximum absolute atomic E-state index is 14.5. The average molecular weight is 651 g/mol. The number of aliphatic hydroxyl groups is 3. The van der Waals surface area contributed by atoms with Crippen molar-refractivity contribution in [3.05, 3.63) is 77.6 Å². The van der Waals surface area contributed by atoms with Crippen LogP contribution >= 0.6 is 0 Å². The minimum atomic E-state index is -1.38. The Hall–Kier alpha value is -3.16. The number of likely N-dealkylation sites (N-methyl/N-ethyl adjacent to an activating group) is 1. The highest BCUT2D eigenvalue weighted by Crippen LogP contribution is 2.40. The predicted octanol–water partition coefficient (Wildman–Crippen LogP) is 4.05. The second-order valence-corrected chi connectivity index (χ2v) is 13.1. The Balaban J connectivity index is 1.34. The first kappa shape index (κ1) is 33.7. The van der Waals surface area contributed by atoms with Crippen molar-refractivity contribution in [3.8, 4) is 5.75 Å². The number of hydrogen-bond acceptors (Lipinski definition) is 9. The standard InChI is InChI=1S/C36H47FN4O6/c1-40(35(45)27-19-18-22-12-9-10-17-26(22)34(27)46-2)36-33(44)31(32(43)28(21-42)47-36)41-30(23-13-7-5-3-4-6-8-14-23)29(38-39-41)24-15-11-16-25(37)20-24/h9-12,15-20,23,28-33,36,38-39,42-44H,3-8,13-14,21H2,1-2H3/t28-,29?,30?,31+,32+,33-,36-/m1/s1. The SMILES string of the molecule is COc1c(C(=O)N(C)[C@@H]2O[C@H](CO)[C@H](O)[C@H](N3NNC(c4cccc(F)c4)C3C3CCCCCCCC3)[C@H]2O)ccc2ccccc12. The van der Waals surface area contributed by atoms with Gasteiger partial charge in [-0.1, -0.05) is 81.0 Å². The number of hydrogen-bond donors (Lipinski definition) is 5. The van der Waals surface area contributed by atoms with Crippen LogP contribution < -0.4 is 15.7 Å². The lowest BCUT2D eigenvalue weighted by atomic mass is 9.81. The number of benzene rings is 3. The first-order valence-corrected chi connectivity index (χ1v) is 16.8. The van der Waals surface area contributed by atoms with E-state index in [2.05, 4.69) is 11.0 Å². The molecule has 2 unspecified atom stereocenters. The van der Waals surface area contributed by atoms with E-state index in [0.29, 0.717) is 11.3 Å². The first-order valence-electron chi connectivity index (χ1n) is 16.8. The number of aliphatic hydroxyl groups excluding tert-OH is 3. The van der Waals surface area contributed by atoms with E-state index in [9.17, 15) is 24.5 Å². The molecule has 2 saturated heterocycles. The number of nitrogens with zero attached hydrogens (tertiary/aromatic N) is 2. The van der Waals surface area contributed by atoms with Crippen molar-refractivity contribution in [2.24, 2.45) is 5.92 Å². The molecule has 3 fully saturated rings. The summed E-state index contributed by atoms with van der Waals surface area (Å²) in [4.78, 5) is 15.4. The van der Waals surface area contributed by atoms with Crippen molar-refractivity contribution < 1.29 is 34.0 Å². The molecule has 3 aliphatic rings. The molecule has 2 heterocycles. The highest BCUT2D eigenvalue weighted by Gasteiger charge is 2.54. The van der Waals surface area contributed by atoms with Gasteiger partial charge in [-0.15, -0.1) is 0 Å². The van der Waals surface area contributed by atoms with Gasteiger partial charge < -0.3 is 29.7 Å². The van der Waals surface area contributed by atoms with Crippen molar-refractivity contribution in [1.82, 2.24) is 20.9 Å². The van der Waals surface area contributed by atoms with Crippen LogP contribution in [0, 0.1) is 11.7 Å². The Morgan fingerprint density at radius 2 is 1.70 bits per heavy atom. The Morgan fingerprint density at radius 3 is 2.40 bits per heavy atom. The Labute approximate surface area is 275 Å². The number of rotatable bonds is 7.